The van der Waals surface area contributed by atoms with Crippen LogP contribution in [-0.4, -0.2) is 21.0 Å². The smallest absolute Gasteiger partial charge is 0.316 e. The van der Waals surface area contributed by atoms with Crippen LogP contribution in [0.25, 0.3) is 0 Å². The van der Waals surface area contributed by atoms with Gasteiger partial charge in [0.2, 0.25) is 0 Å². The van der Waals surface area contributed by atoms with E-state index in [4.69, 9.17) is 0 Å². The second kappa shape index (κ2) is 3.26. The molecule has 1 atom stereocenters. The van der Waals surface area contributed by atoms with Crippen LogP contribution in [-0.2, 0) is 10.2 Å². The molecule has 17 heavy (non-hydrogen) atoms. The molecule has 6 nitrogen and oxygen atoms in total. The van der Waals surface area contributed by atoms with Crippen molar-refractivity contribution in [1.29, 1.82) is 0 Å². The van der Waals surface area contributed by atoms with Crippen molar-refractivity contribution in [1.82, 2.24) is 4.98 Å². The topological polar surface area (TPSA) is 93.3 Å². The van der Waals surface area contributed by atoms with Crippen molar-refractivity contribution in [3.8, 4) is 0 Å². The van der Waals surface area contributed by atoms with Gasteiger partial charge in [0, 0.05) is 6.07 Å². The van der Waals surface area contributed by atoms with Crippen LogP contribution in [0.3, 0.4) is 0 Å². The fourth-order valence-corrected chi connectivity index (χ4v) is 2.28. The highest BCUT2D eigenvalue weighted by atomic mass is 16.6. The van der Waals surface area contributed by atoms with Crippen LogP contribution in [0.1, 0.15) is 26.0 Å². The Bertz CT molecular complexity index is 495. The Morgan fingerprint density at radius 1 is 1.53 bits per heavy atom. The van der Waals surface area contributed by atoms with E-state index in [0.29, 0.717) is 12.1 Å². The Balaban J connectivity index is 2.41. The lowest BCUT2D eigenvalue weighted by molar-refractivity contribution is -0.385. The van der Waals surface area contributed by atoms with E-state index < -0.39 is 16.3 Å². The van der Waals surface area contributed by atoms with Crippen molar-refractivity contribution >= 4 is 11.7 Å². The second-order valence-electron chi connectivity index (χ2n) is 4.93. The predicted molar refractivity (Wildman–Crippen MR) is 58.6 cm³/mol. The Labute approximate surface area is 97.4 Å². The van der Waals surface area contributed by atoms with Gasteiger partial charge in [0.15, 0.2) is 0 Å². The van der Waals surface area contributed by atoms with Crippen LogP contribution < -0.4 is 0 Å². The van der Waals surface area contributed by atoms with Crippen LogP contribution in [0.4, 0.5) is 5.69 Å². The molecule has 0 saturated heterocycles. The van der Waals surface area contributed by atoms with Gasteiger partial charge in [-0.05, 0) is 17.9 Å². The van der Waals surface area contributed by atoms with Gasteiger partial charge in [-0.15, -0.1) is 0 Å². The number of carboxylic acids is 1. The Hall–Kier alpha value is -1.98. The largest absolute Gasteiger partial charge is 0.481 e. The number of carbonyl (C=O) groups is 1. The maximum atomic E-state index is 11.3. The van der Waals surface area contributed by atoms with Crippen molar-refractivity contribution in [2.45, 2.75) is 25.7 Å². The molecule has 0 spiro atoms. The first-order valence-electron chi connectivity index (χ1n) is 5.15. The van der Waals surface area contributed by atoms with Gasteiger partial charge in [0.05, 0.1) is 10.6 Å². The summed E-state index contributed by atoms with van der Waals surface area (Å²) in [5.41, 5.74) is -1.10. The zero-order valence-corrected chi connectivity index (χ0v) is 9.51. The third kappa shape index (κ3) is 1.48. The number of pyridine rings is 1. The summed E-state index contributed by atoms with van der Waals surface area (Å²) in [6, 6.07) is 2.72. The molecule has 1 aromatic heterocycles. The maximum absolute atomic E-state index is 11.3. The molecule has 1 aliphatic carbocycles. The zero-order chi connectivity index (χ0) is 12.8. The molecule has 0 amide bonds. The van der Waals surface area contributed by atoms with E-state index in [0.717, 1.165) is 6.20 Å². The average Bonchev–Trinajstić information content (AvgIpc) is 2.83. The molecule has 1 aliphatic rings. The minimum atomic E-state index is -0.998. The lowest BCUT2D eigenvalue weighted by atomic mass is 9.92. The molecule has 0 aromatic carbocycles. The molecular weight excluding hydrogens is 224 g/mol. The first kappa shape index (κ1) is 11.5. The van der Waals surface area contributed by atoms with Crippen molar-refractivity contribution in [2.75, 3.05) is 0 Å². The van der Waals surface area contributed by atoms with Crippen LogP contribution >= 0.6 is 0 Å². The summed E-state index contributed by atoms with van der Waals surface area (Å²) in [6.45, 7) is 3.70. The molecule has 6 heteroatoms. The minimum Gasteiger partial charge on any atom is -0.481 e. The van der Waals surface area contributed by atoms with E-state index in [1.54, 1.807) is 0 Å². The summed E-state index contributed by atoms with van der Waals surface area (Å²) in [7, 11) is 0. The van der Waals surface area contributed by atoms with Gasteiger partial charge in [0.1, 0.15) is 11.6 Å². The zero-order valence-electron chi connectivity index (χ0n) is 9.51. The summed E-state index contributed by atoms with van der Waals surface area (Å²) in [6.07, 6.45) is 1.61. The standard InChI is InChI=1S/C11H12N2O4/c1-10(2)6-11(10,9(14)15)8-4-3-7(5-12-8)13(16)17/h3-5H,6H2,1-2H3,(H,14,15). The molecule has 0 aliphatic heterocycles. The van der Waals surface area contributed by atoms with Crippen LogP contribution in [0.2, 0.25) is 0 Å². The van der Waals surface area contributed by atoms with Gasteiger partial charge in [-0.2, -0.15) is 0 Å². The number of hydrogen-bond donors (Lipinski definition) is 1. The number of hydrogen-bond acceptors (Lipinski definition) is 4. The van der Waals surface area contributed by atoms with E-state index in [9.17, 15) is 20.0 Å². The second-order valence-corrected chi connectivity index (χ2v) is 4.93. The number of aliphatic carboxylic acids is 1. The van der Waals surface area contributed by atoms with Gasteiger partial charge in [-0.25, -0.2) is 0 Å². The summed E-state index contributed by atoms with van der Waals surface area (Å²) < 4.78 is 0. The van der Waals surface area contributed by atoms with Crippen molar-refractivity contribution in [2.24, 2.45) is 5.41 Å². The molecular formula is C11H12N2O4. The number of aromatic nitrogens is 1. The third-order valence-corrected chi connectivity index (χ3v) is 3.50. The van der Waals surface area contributed by atoms with Crippen molar-refractivity contribution in [3.05, 3.63) is 34.1 Å². The monoisotopic (exact) mass is 236 g/mol. The number of rotatable bonds is 3. The molecule has 0 bridgehead atoms. The maximum Gasteiger partial charge on any atom is 0.316 e. The van der Waals surface area contributed by atoms with Gasteiger partial charge in [-0.1, -0.05) is 13.8 Å². The van der Waals surface area contributed by atoms with E-state index in [-0.39, 0.29) is 11.1 Å². The van der Waals surface area contributed by atoms with Crippen molar-refractivity contribution < 1.29 is 14.8 Å². The van der Waals surface area contributed by atoms with Crippen LogP contribution in [0.5, 0.6) is 0 Å². The SMILES string of the molecule is CC1(C)CC1(C(=O)O)c1ccc([N+](=O)[O-])cn1. The molecule has 1 N–H and O–H groups in total. The lowest BCUT2D eigenvalue weighted by Crippen LogP contribution is -2.26. The Kier molecular flexibility index (Phi) is 2.20. The van der Waals surface area contributed by atoms with Crippen LogP contribution in [0.15, 0.2) is 18.3 Å². The number of nitrogens with zero attached hydrogens (tertiary/aromatic N) is 2. The van der Waals surface area contributed by atoms with Crippen molar-refractivity contribution in [3.63, 3.8) is 0 Å². The molecule has 1 saturated carbocycles. The summed E-state index contributed by atoms with van der Waals surface area (Å²) in [4.78, 5) is 25.2. The highest BCUT2D eigenvalue weighted by molar-refractivity contribution is 5.86. The molecule has 2 rings (SSSR count). The van der Waals surface area contributed by atoms with E-state index >= 15 is 0 Å². The van der Waals surface area contributed by atoms with Gasteiger partial charge in [0.25, 0.3) is 5.69 Å². The minimum absolute atomic E-state index is 0.132. The molecule has 1 heterocycles. The van der Waals surface area contributed by atoms with E-state index in [2.05, 4.69) is 4.98 Å². The first-order chi connectivity index (χ1) is 7.81. The third-order valence-electron chi connectivity index (χ3n) is 3.50. The highest BCUT2D eigenvalue weighted by Crippen LogP contribution is 2.63. The van der Waals surface area contributed by atoms with Crippen LogP contribution in [0, 0.1) is 15.5 Å². The highest BCUT2D eigenvalue weighted by Gasteiger charge is 2.68. The molecule has 0 radical (unpaired) electrons. The summed E-state index contributed by atoms with van der Waals surface area (Å²) >= 11 is 0. The average molecular weight is 236 g/mol. The normalized spacial score (nSPS) is 25.3. The number of carboxylic acid groups (broad SMARTS) is 1. The number of nitro groups is 1. The first-order valence-corrected chi connectivity index (χ1v) is 5.15. The quantitative estimate of drug-likeness (QED) is 0.637. The van der Waals surface area contributed by atoms with Gasteiger partial charge < -0.3 is 5.11 Å². The molecule has 90 valence electrons. The Morgan fingerprint density at radius 2 is 2.12 bits per heavy atom. The molecule has 1 fully saturated rings. The molecule has 1 aromatic rings. The van der Waals surface area contributed by atoms with E-state index in [1.165, 1.54) is 12.1 Å². The van der Waals surface area contributed by atoms with E-state index in [1.807, 2.05) is 13.8 Å². The fourth-order valence-electron chi connectivity index (χ4n) is 2.28. The lowest BCUT2D eigenvalue weighted by Gasteiger charge is -2.14. The van der Waals surface area contributed by atoms with Gasteiger partial charge in [-0.3, -0.25) is 19.9 Å². The Morgan fingerprint density at radius 3 is 2.41 bits per heavy atom. The summed E-state index contributed by atoms with van der Waals surface area (Å²) in [5.74, 6) is -0.927. The summed E-state index contributed by atoms with van der Waals surface area (Å²) in [5, 5.41) is 19.8. The fraction of sp³-hybridized carbons (Fsp3) is 0.455. The van der Waals surface area contributed by atoms with Gasteiger partial charge >= 0.3 is 5.97 Å². The predicted octanol–water partition coefficient (Wildman–Crippen LogP) is 1.74. The molecule has 1 unspecified atom stereocenters.